The Bertz CT molecular complexity index is 847. The van der Waals surface area contributed by atoms with Crippen LogP contribution in [-0.4, -0.2) is 29.8 Å². The van der Waals surface area contributed by atoms with E-state index in [-0.39, 0.29) is 18.6 Å². The first kappa shape index (κ1) is 17.6. The molecule has 0 saturated carbocycles. The molecule has 0 fully saturated rings. The molecule has 7 heteroatoms. The summed E-state index contributed by atoms with van der Waals surface area (Å²) in [6.45, 7) is 1.85. The molecule has 0 saturated heterocycles. The van der Waals surface area contributed by atoms with Crippen LogP contribution in [0.2, 0.25) is 0 Å². The highest BCUT2D eigenvalue weighted by atomic mass is 16.5. The van der Waals surface area contributed by atoms with E-state index in [1.807, 2.05) is 37.3 Å². The van der Waals surface area contributed by atoms with Crippen LogP contribution in [-0.2, 0) is 9.53 Å². The van der Waals surface area contributed by atoms with Gasteiger partial charge >= 0.3 is 0 Å². The van der Waals surface area contributed by atoms with E-state index in [0.717, 1.165) is 5.56 Å². The molecule has 0 aliphatic rings. The number of anilines is 1. The smallest absolute Gasteiger partial charge is 0.258 e. The van der Waals surface area contributed by atoms with Gasteiger partial charge in [-0.1, -0.05) is 23.4 Å². The molecule has 2 aromatic carbocycles. The van der Waals surface area contributed by atoms with Crippen LogP contribution in [0.15, 0.2) is 59.1 Å². The van der Waals surface area contributed by atoms with Crippen molar-refractivity contribution < 1.29 is 18.8 Å². The van der Waals surface area contributed by atoms with Crippen molar-refractivity contribution in [3.63, 3.8) is 0 Å². The number of hydrogen-bond acceptors (Lipinski definition) is 6. The van der Waals surface area contributed by atoms with Gasteiger partial charge in [0.05, 0.1) is 0 Å². The van der Waals surface area contributed by atoms with Crippen LogP contribution >= 0.6 is 0 Å². The van der Waals surface area contributed by atoms with Crippen LogP contribution < -0.4 is 10.1 Å². The number of ether oxygens (including phenoxy) is 2. The molecule has 1 heterocycles. The first-order valence-corrected chi connectivity index (χ1v) is 8.10. The SMILES string of the molecule is COCC(=O)Nc1ccc(OC(C)c2noc(-c3ccccc3)n2)cc1. The molecule has 3 aromatic rings. The molecule has 1 unspecified atom stereocenters. The number of rotatable bonds is 7. The Hall–Kier alpha value is -3.19. The minimum absolute atomic E-state index is 0.0108. The lowest BCUT2D eigenvalue weighted by Gasteiger charge is -2.11. The number of nitrogens with one attached hydrogen (secondary N) is 1. The average Bonchev–Trinajstić information content (AvgIpc) is 3.15. The van der Waals surface area contributed by atoms with E-state index in [2.05, 4.69) is 15.5 Å². The molecule has 1 N–H and O–H groups in total. The number of benzene rings is 2. The van der Waals surface area contributed by atoms with Crippen molar-refractivity contribution in [1.82, 2.24) is 10.1 Å². The maximum atomic E-state index is 11.5. The van der Waals surface area contributed by atoms with Gasteiger partial charge in [0.2, 0.25) is 11.7 Å². The summed E-state index contributed by atoms with van der Waals surface area (Å²) in [6, 6.07) is 16.6. The maximum absolute atomic E-state index is 11.5. The van der Waals surface area contributed by atoms with Crippen LogP contribution in [0, 0.1) is 0 Å². The molecule has 1 aromatic heterocycles. The van der Waals surface area contributed by atoms with Crippen molar-refractivity contribution in [2.24, 2.45) is 0 Å². The van der Waals surface area contributed by atoms with Crippen LogP contribution in [0.3, 0.4) is 0 Å². The number of carbonyl (C=O) groups is 1. The molecule has 0 radical (unpaired) electrons. The molecule has 1 atom stereocenters. The number of methoxy groups -OCH3 is 1. The van der Waals surface area contributed by atoms with Crippen molar-refractivity contribution in [3.8, 4) is 17.2 Å². The Morgan fingerprint density at radius 2 is 1.88 bits per heavy atom. The summed E-state index contributed by atoms with van der Waals surface area (Å²) < 4.78 is 15.9. The molecule has 7 nitrogen and oxygen atoms in total. The quantitative estimate of drug-likeness (QED) is 0.700. The van der Waals surface area contributed by atoms with Crippen molar-refractivity contribution in [2.75, 3.05) is 19.0 Å². The number of amides is 1. The fourth-order valence-corrected chi connectivity index (χ4v) is 2.30. The first-order valence-electron chi connectivity index (χ1n) is 8.10. The highest BCUT2D eigenvalue weighted by Gasteiger charge is 2.16. The Labute approximate surface area is 150 Å². The number of nitrogens with zero attached hydrogens (tertiary/aromatic N) is 2. The van der Waals surface area contributed by atoms with Gasteiger partial charge < -0.3 is 19.3 Å². The normalized spacial score (nSPS) is 11.8. The van der Waals surface area contributed by atoms with Gasteiger partial charge in [0.1, 0.15) is 12.4 Å². The third-order valence-corrected chi connectivity index (χ3v) is 3.55. The van der Waals surface area contributed by atoms with Gasteiger partial charge in [-0.05, 0) is 43.3 Å². The Kier molecular flexibility index (Phi) is 5.60. The van der Waals surface area contributed by atoms with Crippen molar-refractivity contribution >= 4 is 11.6 Å². The van der Waals surface area contributed by atoms with Gasteiger partial charge in [0, 0.05) is 18.4 Å². The summed E-state index contributed by atoms with van der Waals surface area (Å²) in [6.07, 6.45) is -0.384. The molecule has 134 valence electrons. The zero-order valence-electron chi connectivity index (χ0n) is 14.5. The van der Waals surface area contributed by atoms with E-state index in [4.69, 9.17) is 14.0 Å². The highest BCUT2D eigenvalue weighted by Crippen LogP contribution is 2.24. The summed E-state index contributed by atoms with van der Waals surface area (Å²) in [5, 5.41) is 6.70. The summed E-state index contributed by atoms with van der Waals surface area (Å²) in [7, 11) is 1.47. The lowest BCUT2D eigenvalue weighted by Crippen LogP contribution is -2.16. The first-order chi connectivity index (χ1) is 12.7. The molecule has 0 spiro atoms. The molecule has 3 rings (SSSR count). The van der Waals surface area contributed by atoms with E-state index in [1.165, 1.54) is 7.11 Å². The second kappa shape index (κ2) is 8.26. The summed E-state index contributed by atoms with van der Waals surface area (Å²) in [5.41, 5.74) is 1.52. The van der Waals surface area contributed by atoms with Crippen LogP contribution in [0.25, 0.3) is 11.5 Å². The zero-order valence-corrected chi connectivity index (χ0v) is 14.5. The predicted molar refractivity (Wildman–Crippen MR) is 95.7 cm³/mol. The van der Waals surface area contributed by atoms with Gasteiger partial charge in [0.15, 0.2) is 6.10 Å². The summed E-state index contributed by atoms with van der Waals surface area (Å²) in [4.78, 5) is 15.9. The molecular weight excluding hydrogens is 334 g/mol. The van der Waals surface area contributed by atoms with Crippen molar-refractivity contribution in [3.05, 3.63) is 60.4 Å². The van der Waals surface area contributed by atoms with Crippen LogP contribution in [0.4, 0.5) is 5.69 Å². The Morgan fingerprint density at radius 3 is 2.58 bits per heavy atom. The van der Waals surface area contributed by atoms with Crippen LogP contribution in [0.5, 0.6) is 5.75 Å². The Balaban J connectivity index is 1.62. The predicted octanol–water partition coefficient (Wildman–Crippen LogP) is 3.46. The van der Waals surface area contributed by atoms with E-state index >= 15 is 0 Å². The third-order valence-electron chi connectivity index (χ3n) is 3.55. The second-order valence-electron chi connectivity index (χ2n) is 5.59. The van der Waals surface area contributed by atoms with E-state index in [0.29, 0.717) is 23.2 Å². The molecule has 0 bridgehead atoms. The lowest BCUT2D eigenvalue weighted by atomic mass is 10.2. The maximum Gasteiger partial charge on any atom is 0.258 e. The molecular formula is C19H19N3O4. The average molecular weight is 353 g/mol. The number of carbonyl (C=O) groups excluding carboxylic acids is 1. The van der Waals surface area contributed by atoms with Gasteiger partial charge in [0.25, 0.3) is 5.89 Å². The van der Waals surface area contributed by atoms with Gasteiger partial charge in [-0.25, -0.2) is 0 Å². The summed E-state index contributed by atoms with van der Waals surface area (Å²) in [5.74, 6) is 1.33. The van der Waals surface area contributed by atoms with E-state index in [9.17, 15) is 4.79 Å². The Morgan fingerprint density at radius 1 is 1.15 bits per heavy atom. The van der Waals surface area contributed by atoms with Gasteiger partial charge in [-0.3, -0.25) is 4.79 Å². The monoisotopic (exact) mass is 353 g/mol. The van der Waals surface area contributed by atoms with Crippen molar-refractivity contribution in [2.45, 2.75) is 13.0 Å². The topological polar surface area (TPSA) is 86.5 Å². The molecule has 26 heavy (non-hydrogen) atoms. The van der Waals surface area contributed by atoms with Crippen LogP contribution in [0.1, 0.15) is 18.9 Å². The minimum atomic E-state index is -0.384. The molecule has 0 aliphatic carbocycles. The lowest BCUT2D eigenvalue weighted by molar-refractivity contribution is -0.119. The van der Waals surface area contributed by atoms with E-state index < -0.39 is 0 Å². The zero-order chi connectivity index (χ0) is 18.4. The second-order valence-corrected chi connectivity index (χ2v) is 5.59. The molecule has 1 amide bonds. The summed E-state index contributed by atoms with van der Waals surface area (Å²) >= 11 is 0. The van der Waals surface area contributed by atoms with Gasteiger partial charge in [-0.2, -0.15) is 4.98 Å². The molecule has 0 aliphatic heterocycles. The highest BCUT2D eigenvalue weighted by molar-refractivity contribution is 5.91. The third kappa shape index (κ3) is 4.46. The number of aromatic nitrogens is 2. The van der Waals surface area contributed by atoms with E-state index in [1.54, 1.807) is 24.3 Å². The fourth-order valence-electron chi connectivity index (χ4n) is 2.30. The minimum Gasteiger partial charge on any atom is -0.483 e. The largest absolute Gasteiger partial charge is 0.483 e. The fraction of sp³-hybridized carbons (Fsp3) is 0.211. The van der Waals surface area contributed by atoms with Gasteiger partial charge in [-0.15, -0.1) is 0 Å². The number of hydrogen-bond donors (Lipinski definition) is 1. The standard InChI is InChI=1S/C19H19N3O4/c1-13(18-21-19(26-22-18)14-6-4-3-5-7-14)25-16-10-8-15(9-11-16)20-17(23)12-24-2/h3-11,13H,12H2,1-2H3,(H,20,23). The van der Waals surface area contributed by atoms with Crippen molar-refractivity contribution in [1.29, 1.82) is 0 Å².